The molecule has 1 aromatic heterocycles. The normalized spacial score (nSPS) is 10.4. The van der Waals surface area contributed by atoms with E-state index in [2.05, 4.69) is 20.9 Å². The highest BCUT2D eigenvalue weighted by Crippen LogP contribution is 2.35. The predicted molar refractivity (Wildman–Crippen MR) is 76.9 cm³/mol. The van der Waals surface area contributed by atoms with Gasteiger partial charge in [-0.1, -0.05) is 17.8 Å². The van der Waals surface area contributed by atoms with E-state index in [0.29, 0.717) is 6.54 Å². The number of ether oxygens (including phenoxy) is 1. The molecule has 2 N–H and O–H groups in total. The molecule has 0 amide bonds. The summed E-state index contributed by atoms with van der Waals surface area (Å²) in [7, 11) is 1.66. The van der Waals surface area contributed by atoms with Gasteiger partial charge >= 0.3 is 0 Å². The lowest BCUT2D eigenvalue weighted by Gasteiger charge is -2.10. The first kappa shape index (κ1) is 13.4. The maximum absolute atomic E-state index is 5.75. The number of benzene rings is 1. The first-order valence-electron chi connectivity index (χ1n) is 5.40. The number of pyridine rings is 1. The van der Waals surface area contributed by atoms with Crippen molar-refractivity contribution >= 4 is 27.7 Å². The molecular formula is C13H13BrN2OS. The molecule has 94 valence electrons. The molecule has 0 bridgehead atoms. The van der Waals surface area contributed by atoms with Gasteiger partial charge in [0.2, 0.25) is 0 Å². The lowest BCUT2D eigenvalue weighted by molar-refractivity contribution is 0.413. The second-order valence-corrected chi connectivity index (χ2v) is 5.46. The summed E-state index contributed by atoms with van der Waals surface area (Å²) in [5, 5.41) is 0.917. The molecule has 1 aromatic carbocycles. The maximum Gasteiger partial charge on any atom is 0.120 e. The fourth-order valence-electron chi connectivity index (χ4n) is 1.48. The molecule has 0 saturated heterocycles. The van der Waals surface area contributed by atoms with E-state index in [4.69, 9.17) is 10.5 Å². The van der Waals surface area contributed by atoms with Crippen molar-refractivity contribution in [2.24, 2.45) is 5.73 Å². The minimum absolute atomic E-state index is 0.497. The molecule has 0 atom stereocenters. The molecule has 0 radical (unpaired) electrons. The van der Waals surface area contributed by atoms with Crippen molar-refractivity contribution in [3.8, 4) is 5.75 Å². The van der Waals surface area contributed by atoms with Crippen molar-refractivity contribution in [2.45, 2.75) is 16.5 Å². The molecule has 0 aliphatic rings. The highest BCUT2D eigenvalue weighted by Gasteiger charge is 2.08. The first-order valence-corrected chi connectivity index (χ1v) is 7.01. The molecular weight excluding hydrogens is 312 g/mol. The second-order valence-electron chi connectivity index (χ2n) is 3.57. The Morgan fingerprint density at radius 1 is 1.39 bits per heavy atom. The summed E-state index contributed by atoms with van der Waals surface area (Å²) in [6.07, 6.45) is 1.77. The molecule has 5 heteroatoms. The zero-order valence-electron chi connectivity index (χ0n) is 9.89. The molecule has 0 fully saturated rings. The van der Waals surface area contributed by atoms with Gasteiger partial charge in [-0.05, 0) is 45.8 Å². The number of methoxy groups -OCH3 is 1. The smallest absolute Gasteiger partial charge is 0.120 e. The standard InChI is InChI=1S/C13H13BrN2OS/c1-17-10-5-4-9(8-15)12(7-10)18-13-11(14)3-2-6-16-13/h2-7H,8,15H2,1H3. The van der Waals surface area contributed by atoms with Crippen LogP contribution in [0.5, 0.6) is 5.75 Å². The van der Waals surface area contributed by atoms with Crippen LogP contribution in [0, 0.1) is 0 Å². The van der Waals surface area contributed by atoms with Crippen LogP contribution in [-0.4, -0.2) is 12.1 Å². The van der Waals surface area contributed by atoms with Crippen LogP contribution in [0.2, 0.25) is 0 Å². The van der Waals surface area contributed by atoms with Crippen LogP contribution in [-0.2, 0) is 6.54 Å². The molecule has 0 saturated carbocycles. The van der Waals surface area contributed by atoms with Crippen LogP contribution in [0.3, 0.4) is 0 Å². The summed E-state index contributed by atoms with van der Waals surface area (Å²) in [4.78, 5) is 5.40. The molecule has 0 aliphatic carbocycles. The molecule has 2 rings (SSSR count). The van der Waals surface area contributed by atoms with Gasteiger partial charge < -0.3 is 10.5 Å². The fraction of sp³-hybridized carbons (Fsp3) is 0.154. The van der Waals surface area contributed by atoms with Crippen LogP contribution in [0.15, 0.2) is 50.9 Å². The molecule has 18 heavy (non-hydrogen) atoms. The van der Waals surface area contributed by atoms with Crippen LogP contribution in [0.25, 0.3) is 0 Å². The van der Waals surface area contributed by atoms with Gasteiger partial charge in [0.15, 0.2) is 0 Å². The largest absolute Gasteiger partial charge is 0.497 e. The van der Waals surface area contributed by atoms with Crippen LogP contribution >= 0.6 is 27.7 Å². The summed E-state index contributed by atoms with van der Waals surface area (Å²) in [6.45, 7) is 0.497. The van der Waals surface area contributed by atoms with E-state index in [9.17, 15) is 0 Å². The van der Waals surface area contributed by atoms with Gasteiger partial charge in [-0.15, -0.1) is 0 Å². The molecule has 3 nitrogen and oxygen atoms in total. The Bertz CT molecular complexity index is 548. The average molecular weight is 325 g/mol. The number of rotatable bonds is 4. The van der Waals surface area contributed by atoms with E-state index < -0.39 is 0 Å². The van der Waals surface area contributed by atoms with Crippen molar-refractivity contribution in [1.29, 1.82) is 0 Å². The highest BCUT2D eigenvalue weighted by atomic mass is 79.9. The van der Waals surface area contributed by atoms with Crippen molar-refractivity contribution in [1.82, 2.24) is 4.98 Å². The van der Waals surface area contributed by atoms with Crippen LogP contribution in [0.1, 0.15) is 5.56 Å². The van der Waals surface area contributed by atoms with E-state index >= 15 is 0 Å². The second kappa shape index (κ2) is 6.22. The van der Waals surface area contributed by atoms with Gasteiger partial charge in [-0.2, -0.15) is 0 Å². The Labute approximate surface area is 119 Å². The third kappa shape index (κ3) is 3.04. The SMILES string of the molecule is COc1ccc(CN)c(Sc2ncccc2Br)c1. The number of halogens is 1. The number of hydrogen-bond acceptors (Lipinski definition) is 4. The molecule has 1 heterocycles. The monoisotopic (exact) mass is 324 g/mol. The van der Waals surface area contributed by atoms with Crippen LogP contribution < -0.4 is 10.5 Å². The van der Waals surface area contributed by atoms with Gasteiger partial charge in [0.25, 0.3) is 0 Å². The molecule has 0 spiro atoms. The minimum Gasteiger partial charge on any atom is -0.497 e. The Morgan fingerprint density at radius 2 is 2.22 bits per heavy atom. The Balaban J connectivity index is 2.35. The van der Waals surface area contributed by atoms with Gasteiger partial charge in [0.05, 0.1) is 11.6 Å². The van der Waals surface area contributed by atoms with Gasteiger partial charge in [0, 0.05) is 17.6 Å². The first-order chi connectivity index (χ1) is 8.74. The van der Waals surface area contributed by atoms with Gasteiger partial charge in [0.1, 0.15) is 10.8 Å². The van der Waals surface area contributed by atoms with Gasteiger partial charge in [-0.25, -0.2) is 4.98 Å². The third-order valence-corrected chi connectivity index (χ3v) is 4.45. The summed E-state index contributed by atoms with van der Waals surface area (Å²) in [5.74, 6) is 0.821. The van der Waals surface area contributed by atoms with Gasteiger partial charge in [-0.3, -0.25) is 0 Å². The van der Waals surface area contributed by atoms with Crippen LogP contribution in [0.4, 0.5) is 0 Å². The lowest BCUT2D eigenvalue weighted by Crippen LogP contribution is -1.99. The zero-order valence-corrected chi connectivity index (χ0v) is 12.3. The highest BCUT2D eigenvalue weighted by molar-refractivity contribution is 9.10. The Morgan fingerprint density at radius 3 is 2.89 bits per heavy atom. The average Bonchev–Trinajstić information content (AvgIpc) is 2.41. The van der Waals surface area contributed by atoms with E-state index in [1.807, 2.05) is 30.3 Å². The summed E-state index contributed by atoms with van der Waals surface area (Å²) >= 11 is 5.07. The summed E-state index contributed by atoms with van der Waals surface area (Å²) in [5.41, 5.74) is 6.83. The van der Waals surface area contributed by atoms with Crippen molar-refractivity contribution < 1.29 is 4.74 Å². The number of aromatic nitrogens is 1. The van der Waals surface area contributed by atoms with E-state index in [1.54, 1.807) is 25.1 Å². The molecule has 2 aromatic rings. The number of hydrogen-bond donors (Lipinski definition) is 1. The quantitative estimate of drug-likeness (QED) is 0.935. The predicted octanol–water partition coefficient (Wildman–Crippen LogP) is 3.46. The van der Waals surface area contributed by atoms with Crippen molar-refractivity contribution in [3.05, 3.63) is 46.6 Å². The van der Waals surface area contributed by atoms with Crippen molar-refractivity contribution in [3.63, 3.8) is 0 Å². The van der Waals surface area contributed by atoms with Crippen molar-refractivity contribution in [2.75, 3.05) is 7.11 Å². The summed E-state index contributed by atoms with van der Waals surface area (Å²) in [6, 6.07) is 9.74. The van der Waals surface area contributed by atoms with E-state index in [-0.39, 0.29) is 0 Å². The van der Waals surface area contributed by atoms with E-state index in [1.165, 1.54) is 0 Å². The Hall–Kier alpha value is -1.04. The molecule has 0 aliphatic heterocycles. The fourth-order valence-corrected chi connectivity index (χ4v) is 2.92. The Kier molecular flexibility index (Phi) is 4.63. The lowest BCUT2D eigenvalue weighted by atomic mass is 10.2. The number of nitrogens with two attached hydrogens (primary N) is 1. The third-order valence-electron chi connectivity index (χ3n) is 2.43. The number of nitrogens with zero attached hydrogens (tertiary/aromatic N) is 1. The summed E-state index contributed by atoms with van der Waals surface area (Å²) < 4.78 is 6.21. The maximum atomic E-state index is 5.75. The zero-order chi connectivity index (χ0) is 13.0. The van der Waals surface area contributed by atoms with E-state index in [0.717, 1.165) is 25.7 Å². The minimum atomic E-state index is 0.497. The topological polar surface area (TPSA) is 48.1 Å². The molecule has 0 unspecified atom stereocenters.